The predicted octanol–water partition coefficient (Wildman–Crippen LogP) is -0.0856. The van der Waals surface area contributed by atoms with Crippen LogP contribution in [-0.4, -0.2) is 36.2 Å². The van der Waals surface area contributed by atoms with Crippen molar-refractivity contribution in [1.29, 1.82) is 0 Å². The summed E-state index contributed by atoms with van der Waals surface area (Å²) in [7, 11) is 0. The molecule has 1 saturated heterocycles. The molecule has 0 bridgehead atoms. The van der Waals surface area contributed by atoms with E-state index in [1.165, 1.54) is 6.92 Å². The highest BCUT2D eigenvalue weighted by atomic mass is 16.2. The summed E-state index contributed by atoms with van der Waals surface area (Å²) >= 11 is 0. The van der Waals surface area contributed by atoms with E-state index in [2.05, 4.69) is 11.2 Å². The number of amides is 1. The zero-order valence-electron chi connectivity index (χ0n) is 8.96. The van der Waals surface area contributed by atoms with Crippen LogP contribution in [0.1, 0.15) is 13.8 Å². The number of hydrogen-bond acceptors (Lipinski definition) is 3. The topological polar surface area (TPSA) is 49.4 Å². The molecule has 15 heavy (non-hydrogen) atoms. The van der Waals surface area contributed by atoms with Gasteiger partial charge >= 0.3 is 0 Å². The van der Waals surface area contributed by atoms with Crippen molar-refractivity contribution in [2.45, 2.75) is 13.8 Å². The first-order valence-corrected chi connectivity index (χ1v) is 4.76. The number of nitrogens with zero attached hydrogens (tertiary/aromatic N) is 1. The lowest BCUT2D eigenvalue weighted by molar-refractivity contribution is -0.125. The van der Waals surface area contributed by atoms with E-state index in [-0.39, 0.29) is 11.7 Å². The van der Waals surface area contributed by atoms with E-state index in [4.69, 9.17) is 6.42 Å². The molecule has 0 atom stereocenters. The van der Waals surface area contributed by atoms with Crippen LogP contribution in [0.25, 0.3) is 0 Å². The van der Waals surface area contributed by atoms with Crippen LogP contribution in [0.4, 0.5) is 0 Å². The number of rotatable bonds is 1. The lowest BCUT2D eigenvalue weighted by Crippen LogP contribution is -2.45. The molecule has 0 unspecified atom stereocenters. The van der Waals surface area contributed by atoms with Gasteiger partial charge in [-0.1, -0.05) is 0 Å². The Balaban J connectivity index is 2.82. The van der Waals surface area contributed by atoms with Crippen molar-refractivity contribution >= 4 is 11.7 Å². The summed E-state index contributed by atoms with van der Waals surface area (Å²) in [6.45, 7) is 4.86. The molecule has 0 radical (unpaired) electrons. The Morgan fingerprint density at radius 1 is 1.47 bits per heavy atom. The molecule has 1 rings (SSSR count). The van der Waals surface area contributed by atoms with Crippen LogP contribution in [0.3, 0.4) is 0 Å². The van der Waals surface area contributed by atoms with Gasteiger partial charge in [0.15, 0.2) is 5.78 Å². The Morgan fingerprint density at radius 3 is 2.67 bits per heavy atom. The molecule has 80 valence electrons. The van der Waals surface area contributed by atoms with E-state index in [0.717, 1.165) is 5.70 Å². The summed E-state index contributed by atoms with van der Waals surface area (Å²) in [5.41, 5.74) is 1.45. The highest BCUT2D eigenvalue weighted by molar-refractivity contribution is 5.95. The second-order valence-electron chi connectivity index (χ2n) is 3.46. The van der Waals surface area contributed by atoms with Crippen LogP contribution in [0.15, 0.2) is 11.3 Å². The number of terminal acetylenes is 1. The molecule has 0 aromatic rings. The average molecular weight is 206 g/mol. The van der Waals surface area contributed by atoms with E-state index < -0.39 is 0 Å². The Morgan fingerprint density at radius 2 is 2.13 bits per heavy atom. The van der Waals surface area contributed by atoms with Gasteiger partial charge in [0.05, 0.1) is 6.54 Å². The van der Waals surface area contributed by atoms with E-state index in [1.807, 2.05) is 0 Å². The van der Waals surface area contributed by atoms with E-state index in [0.29, 0.717) is 25.2 Å². The number of carbonyl (C=O) groups excluding carboxylic acids is 2. The fourth-order valence-corrected chi connectivity index (χ4v) is 1.40. The van der Waals surface area contributed by atoms with Gasteiger partial charge in [-0.2, -0.15) is 0 Å². The lowest BCUT2D eigenvalue weighted by Gasteiger charge is -2.29. The maximum absolute atomic E-state index is 11.3. The Bertz CT molecular complexity index is 363. The predicted molar refractivity (Wildman–Crippen MR) is 56.8 cm³/mol. The summed E-state index contributed by atoms with van der Waals surface area (Å²) in [5.74, 6) is 1.75. The molecule has 1 heterocycles. The first-order valence-electron chi connectivity index (χ1n) is 4.76. The number of piperazine rings is 1. The van der Waals surface area contributed by atoms with Gasteiger partial charge in [-0.3, -0.25) is 9.59 Å². The zero-order valence-corrected chi connectivity index (χ0v) is 8.96. The van der Waals surface area contributed by atoms with Gasteiger partial charge in [0.2, 0.25) is 0 Å². The largest absolute Gasteiger partial charge is 0.385 e. The van der Waals surface area contributed by atoms with Crippen LogP contribution >= 0.6 is 0 Å². The molecule has 0 aliphatic carbocycles. The van der Waals surface area contributed by atoms with E-state index >= 15 is 0 Å². The van der Waals surface area contributed by atoms with Crippen LogP contribution in [0, 0.1) is 12.3 Å². The van der Waals surface area contributed by atoms with Crippen molar-refractivity contribution in [3.05, 3.63) is 11.3 Å². The van der Waals surface area contributed by atoms with Gasteiger partial charge in [-0.25, -0.2) is 0 Å². The zero-order chi connectivity index (χ0) is 11.4. The summed E-state index contributed by atoms with van der Waals surface area (Å²) in [5, 5.41) is 3.11. The second kappa shape index (κ2) is 4.65. The molecule has 4 nitrogen and oxygen atoms in total. The summed E-state index contributed by atoms with van der Waals surface area (Å²) in [6, 6.07) is 0. The van der Waals surface area contributed by atoms with Crippen LogP contribution in [0.5, 0.6) is 0 Å². The molecule has 1 aliphatic rings. The first kappa shape index (κ1) is 11.3. The minimum Gasteiger partial charge on any atom is -0.385 e. The van der Waals surface area contributed by atoms with Crippen molar-refractivity contribution in [1.82, 2.24) is 10.2 Å². The third-order valence-corrected chi connectivity index (χ3v) is 2.46. The van der Waals surface area contributed by atoms with E-state index in [1.54, 1.807) is 11.8 Å². The quantitative estimate of drug-likeness (QED) is 0.482. The highest BCUT2D eigenvalue weighted by Crippen LogP contribution is 2.08. The molecule has 0 aromatic carbocycles. The van der Waals surface area contributed by atoms with E-state index in [9.17, 15) is 9.59 Å². The minimum absolute atomic E-state index is 0.00695. The Kier molecular flexibility index (Phi) is 3.51. The van der Waals surface area contributed by atoms with Crippen molar-refractivity contribution in [3.63, 3.8) is 0 Å². The summed E-state index contributed by atoms with van der Waals surface area (Å²) in [4.78, 5) is 24.0. The number of ketones is 1. The van der Waals surface area contributed by atoms with Crippen LogP contribution in [0.2, 0.25) is 0 Å². The number of carbonyl (C=O) groups is 2. The van der Waals surface area contributed by atoms with Gasteiger partial charge in [0, 0.05) is 24.4 Å². The van der Waals surface area contributed by atoms with Crippen molar-refractivity contribution in [2.75, 3.05) is 19.6 Å². The Hall–Kier alpha value is -1.76. The number of allylic oxidation sites excluding steroid dienone is 1. The van der Waals surface area contributed by atoms with Crippen LogP contribution < -0.4 is 5.32 Å². The maximum atomic E-state index is 11.3. The average Bonchev–Trinajstić information content (AvgIpc) is 2.27. The number of nitrogens with one attached hydrogen (secondary N) is 1. The maximum Gasteiger partial charge on any atom is 0.298 e. The smallest absolute Gasteiger partial charge is 0.298 e. The Labute approximate surface area is 89.3 Å². The summed E-state index contributed by atoms with van der Waals surface area (Å²) < 4.78 is 0. The minimum atomic E-state index is -0.328. The van der Waals surface area contributed by atoms with Gasteiger partial charge < -0.3 is 10.2 Å². The van der Waals surface area contributed by atoms with Crippen molar-refractivity contribution in [2.24, 2.45) is 0 Å². The van der Waals surface area contributed by atoms with Crippen LogP contribution in [-0.2, 0) is 9.59 Å². The number of Topliss-reactive ketones (excluding diaryl/α,β-unsaturated/α-hetero) is 1. The molecule has 0 aromatic heterocycles. The molecule has 0 spiro atoms. The third-order valence-electron chi connectivity index (χ3n) is 2.46. The van der Waals surface area contributed by atoms with Crippen molar-refractivity contribution in [3.8, 4) is 12.3 Å². The number of hydrogen-bond donors (Lipinski definition) is 1. The second-order valence-corrected chi connectivity index (χ2v) is 3.46. The van der Waals surface area contributed by atoms with Gasteiger partial charge in [0.1, 0.15) is 0 Å². The SMILES string of the molecule is C#CC(=O)N1CCN/C(=C(\C)C(C)=O)C1. The molecule has 0 saturated carbocycles. The van der Waals surface area contributed by atoms with Crippen molar-refractivity contribution < 1.29 is 9.59 Å². The first-order chi connectivity index (χ1) is 7.06. The third kappa shape index (κ3) is 2.59. The molecule has 1 N–H and O–H groups in total. The molecule has 4 heteroatoms. The molecular weight excluding hydrogens is 192 g/mol. The molecular formula is C11H14N2O2. The molecule has 1 amide bonds. The van der Waals surface area contributed by atoms with Gasteiger partial charge in [0.25, 0.3) is 5.91 Å². The lowest BCUT2D eigenvalue weighted by atomic mass is 10.1. The highest BCUT2D eigenvalue weighted by Gasteiger charge is 2.19. The summed E-state index contributed by atoms with van der Waals surface area (Å²) in [6.07, 6.45) is 5.04. The normalized spacial score (nSPS) is 18.9. The molecule has 1 fully saturated rings. The van der Waals surface area contributed by atoms with Gasteiger partial charge in [-0.15, -0.1) is 6.42 Å². The fourth-order valence-electron chi connectivity index (χ4n) is 1.40. The fraction of sp³-hybridized carbons (Fsp3) is 0.455. The molecule has 1 aliphatic heterocycles. The van der Waals surface area contributed by atoms with Gasteiger partial charge in [-0.05, 0) is 19.8 Å². The monoisotopic (exact) mass is 206 g/mol. The standard InChI is InChI=1S/C11H14N2O2/c1-4-11(15)13-6-5-12-10(7-13)8(2)9(3)14/h1,12H,5-7H2,2-3H3/b10-8+.